The molecule has 0 aliphatic carbocycles. The summed E-state index contributed by atoms with van der Waals surface area (Å²) in [4.78, 5) is 21.1. The molecule has 1 aliphatic rings. The number of H-pyrrole nitrogens is 1. The third-order valence-electron chi connectivity index (χ3n) is 3.82. The van der Waals surface area contributed by atoms with Gasteiger partial charge >= 0.3 is 0 Å². The van der Waals surface area contributed by atoms with Crippen LogP contribution in [0.15, 0.2) is 18.2 Å². The van der Waals surface area contributed by atoms with Gasteiger partial charge in [-0.05, 0) is 31.0 Å². The molecule has 20 heavy (non-hydrogen) atoms. The van der Waals surface area contributed by atoms with Crippen LogP contribution in [-0.4, -0.2) is 22.9 Å². The van der Waals surface area contributed by atoms with E-state index in [9.17, 15) is 4.79 Å². The Morgan fingerprint density at radius 2 is 2.20 bits per heavy atom. The summed E-state index contributed by atoms with van der Waals surface area (Å²) in [5, 5.41) is 0. The van der Waals surface area contributed by atoms with Gasteiger partial charge in [0.15, 0.2) is 0 Å². The van der Waals surface area contributed by atoms with E-state index >= 15 is 0 Å². The van der Waals surface area contributed by atoms with Crippen LogP contribution in [0, 0.1) is 6.92 Å². The molecule has 0 atom stereocenters. The van der Waals surface area contributed by atoms with E-state index in [2.05, 4.69) is 16.0 Å². The van der Waals surface area contributed by atoms with Crippen LogP contribution in [0.2, 0.25) is 0 Å². The van der Waals surface area contributed by atoms with Crippen molar-refractivity contribution in [3.63, 3.8) is 0 Å². The van der Waals surface area contributed by atoms with E-state index in [1.54, 1.807) is 4.90 Å². The summed E-state index contributed by atoms with van der Waals surface area (Å²) < 4.78 is 0. The molecule has 2 heterocycles. The Morgan fingerprint density at radius 3 is 2.90 bits per heavy atom. The van der Waals surface area contributed by atoms with Gasteiger partial charge in [-0.15, -0.1) is 0 Å². The molecule has 0 radical (unpaired) electrons. The van der Waals surface area contributed by atoms with Crippen LogP contribution < -0.4 is 10.6 Å². The number of nitrogens with two attached hydrogens (primary N) is 1. The fraction of sp³-hybridized carbons (Fsp3) is 0.333. The molecule has 1 aromatic carbocycles. The summed E-state index contributed by atoms with van der Waals surface area (Å²) in [6.45, 7) is 2.40. The van der Waals surface area contributed by atoms with E-state index in [1.807, 2.05) is 26.1 Å². The van der Waals surface area contributed by atoms with Gasteiger partial charge in [-0.25, -0.2) is 4.98 Å². The van der Waals surface area contributed by atoms with Crippen molar-refractivity contribution in [2.24, 2.45) is 5.73 Å². The summed E-state index contributed by atoms with van der Waals surface area (Å²) in [5.41, 5.74) is 10.8. The van der Waals surface area contributed by atoms with E-state index in [1.165, 1.54) is 5.56 Å². The van der Waals surface area contributed by atoms with Gasteiger partial charge in [0.2, 0.25) is 5.91 Å². The lowest BCUT2D eigenvalue weighted by Crippen LogP contribution is -2.30. The number of carbonyl (C=O) groups excluding carboxylic acids is 1. The highest BCUT2D eigenvalue weighted by molar-refractivity contribution is 5.96. The van der Waals surface area contributed by atoms with Gasteiger partial charge in [0.05, 0.1) is 12.2 Å². The third-order valence-corrected chi connectivity index (χ3v) is 3.82. The summed E-state index contributed by atoms with van der Waals surface area (Å²) in [6, 6.07) is 6.14. The summed E-state index contributed by atoms with van der Waals surface area (Å²) >= 11 is 0. The van der Waals surface area contributed by atoms with Crippen molar-refractivity contribution in [1.29, 1.82) is 0 Å². The number of hydrogen-bond acceptors (Lipinski definition) is 3. The fourth-order valence-corrected chi connectivity index (χ4v) is 2.70. The summed E-state index contributed by atoms with van der Waals surface area (Å²) in [7, 11) is 1.83. The average molecular weight is 270 g/mol. The molecule has 0 fully saturated rings. The minimum Gasteiger partial charge on any atom is -0.344 e. The molecule has 1 amide bonds. The number of hydrogen-bond donors (Lipinski definition) is 2. The molecule has 5 nitrogen and oxygen atoms in total. The summed E-state index contributed by atoms with van der Waals surface area (Å²) in [5.74, 6) is 0.967. The molecule has 5 heteroatoms. The average Bonchev–Trinajstić information content (AvgIpc) is 2.84. The van der Waals surface area contributed by atoms with Crippen molar-refractivity contribution in [3.05, 3.63) is 35.3 Å². The Bertz CT molecular complexity index is 675. The van der Waals surface area contributed by atoms with E-state index in [0.717, 1.165) is 34.9 Å². The number of carbonyl (C=O) groups is 1. The number of benzene rings is 1. The maximum Gasteiger partial charge on any atom is 0.227 e. The Labute approximate surface area is 117 Å². The molecule has 0 saturated carbocycles. The number of aromatic amines is 1. The van der Waals surface area contributed by atoms with Gasteiger partial charge < -0.3 is 15.6 Å². The van der Waals surface area contributed by atoms with Crippen LogP contribution in [0.4, 0.5) is 5.69 Å². The zero-order valence-corrected chi connectivity index (χ0v) is 11.7. The van der Waals surface area contributed by atoms with E-state index in [-0.39, 0.29) is 5.91 Å². The number of amides is 1. The molecule has 0 unspecified atom stereocenters. The first kappa shape index (κ1) is 12.9. The maximum absolute atomic E-state index is 11.7. The molecule has 3 N–H and O–H groups in total. The normalized spacial score (nSPS) is 14.6. The zero-order valence-electron chi connectivity index (χ0n) is 11.7. The van der Waals surface area contributed by atoms with Crippen molar-refractivity contribution >= 4 is 11.6 Å². The second-order valence-electron chi connectivity index (χ2n) is 5.16. The summed E-state index contributed by atoms with van der Waals surface area (Å²) in [6.07, 6.45) is 1.36. The third kappa shape index (κ3) is 2.00. The van der Waals surface area contributed by atoms with Crippen molar-refractivity contribution < 1.29 is 4.79 Å². The molecule has 0 saturated heterocycles. The maximum atomic E-state index is 11.7. The zero-order chi connectivity index (χ0) is 14.3. The molecule has 0 bridgehead atoms. The Hall–Kier alpha value is -2.14. The lowest BCUT2D eigenvalue weighted by atomic mass is 9.98. The van der Waals surface area contributed by atoms with Gasteiger partial charge in [0.1, 0.15) is 5.82 Å². The molecule has 0 spiro atoms. The van der Waals surface area contributed by atoms with Gasteiger partial charge in [0, 0.05) is 30.4 Å². The Kier molecular flexibility index (Phi) is 3.06. The van der Waals surface area contributed by atoms with E-state index < -0.39 is 0 Å². The smallest absolute Gasteiger partial charge is 0.227 e. The van der Waals surface area contributed by atoms with Crippen LogP contribution in [0.3, 0.4) is 0 Å². The SMILES string of the molecule is Cc1[nH]c(CN)nc1-c1ccc2c(c1)CCC(=O)N2C. The van der Waals surface area contributed by atoms with Crippen molar-refractivity contribution in [2.45, 2.75) is 26.3 Å². The molecule has 1 aromatic heterocycles. The minimum absolute atomic E-state index is 0.173. The van der Waals surface area contributed by atoms with Crippen molar-refractivity contribution in [2.75, 3.05) is 11.9 Å². The predicted octanol–water partition coefficient (Wildman–Crippen LogP) is 1.75. The first-order valence-electron chi connectivity index (χ1n) is 6.75. The van der Waals surface area contributed by atoms with Gasteiger partial charge in [-0.2, -0.15) is 0 Å². The van der Waals surface area contributed by atoms with Crippen LogP contribution >= 0.6 is 0 Å². The van der Waals surface area contributed by atoms with Crippen LogP contribution in [-0.2, 0) is 17.8 Å². The lowest BCUT2D eigenvalue weighted by molar-refractivity contribution is -0.118. The van der Waals surface area contributed by atoms with Crippen LogP contribution in [0.5, 0.6) is 0 Å². The number of aromatic nitrogens is 2. The molecule has 2 aromatic rings. The van der Waals surface area contributed by atoms with Gasteiger partial charge in [0.25, 0.3) is 0 Å². The van der Waals surface area contributed by atoms with Crippen LogP contribution in [0.1, 0.15) is 23.5 Å². The predicted molar refractivity (Wildman–Crippen MR) is 78.4 cm³/mol. The topological polar surface area (TPSA) is 75.0 Å². The van der Waals surface area contributed by atoms with Crippen molar-refractivity contribution in [1.82, 2.24) is 9.97 Å². The molecule has 3 rings (SSSR count). The second-order valence-corrected chi connectivity index (χ2v) is 5.16. The largest absolute Gasteiger partial charge is 0.344 e. The number of aryl methyl sites for hydroxylation is 2. The number of nitrogens with one attached hydrogen (secondary N) is 1. The highest BCUT2D eigenvalue weighted by atomic mass is 16.2. The Morgan fingerprint density at radius 1 is 1.40 bits per heavy atom. The number of imidazole rings is 1. The van der Waals surface area contributed by atoms with E-state index in [0.29, 0.717) is 13.0 Å². The molecular formula is C15H18N4O. The van der Waals surface area contributed by atoms with Gasteiger partial charge in [-0.3, -0.25) is 4.79 Å². The molecule has 104 valence electrons. The first-order valence-corrected chi connectivity index (χ1v) is 6.75. The van der Waals surface area contributed by atoms with Gasteiger partial charge in [-0.1, -0.05) is 6.07 Å². The monoisotopic (exact) mass is 270 g/mol. The number of anilines is 1. The lowest BCUT2D eigenvalue weighted by Gasteiger charge is -2.26. The number of fused-ring (bicyclic) bond motifs is 1. The first-order chi connectivity index (χ1) is 9.60. The standard InChI is InChI=1S/C15H18N4O/c1-9-15(18-13(8-16)17-9)11-3-5-12-10(7-11)4-6-14(20)19(12)2/h3,5,7H,4,6,8,16H2,1-2H3,(H,17,18). The van der Waals surface area contributed by atoms with Crippen LogP contribution in [0.25, 0.3) is 11.3 Å². The Balaban J connectivity index is 2.04. The molecular weight excluding hydrogens is 252 g/mol. The number of rotatable bonds is 2. The quantitative estimate of drug-likeness (QED) is 0.873. The fourth-order valence-electron chi connectivity index (χ4n) is 2.70. The highest BCUT2D eigenvalue weighted by Crippen LogP contribution is 2.31. The highest BCUT2D eigenvalue weighted by Gasteiger charge is 2.21. The minimum atomic E-state index is 0.173. The second kappa shape index (κ2) is 4.76. The van der Waals surface area contributed by atoms with Crippen molar-refractivity contribution in [3.8, 4) is 11.3 Å². The molecule has 1 aliphatic heterocycles. The van der Waals surface area contributed by atoms with E-state index in [4.69, 9.17) is 5.73 Å². The number of nitrogens with zero attached hydrogens (tertiary/aromatic N) is 2.